The summed E-state index contributed by atoms with van der Waals surface area (Å²) in [7, 11) is 3.64. The monoisotopic (exact) mass is 246 g/mol. The molecule has 0 aliphatic rings. The van der Waals surface area contributed by atoms with Crippen LogP contribution in [0.15, 0.2) is 0 Å². The second-order valence-electron chi connectivity index (χ2n) is 4.72. The molecule has 1 unspecified atom stereocenters. The van der Waals surface area contributed by atoms with Gasteiger partial charge in [0.25, 0.3) is 0 Å². The number of hydrogen-bond donors (Lipinski definition) is 1. The van der Waals surface area contributed by atoms with E-state index >= 15 is 0 Å². The molecule has 4 heteroatoms. The van der Waals surface area contributed by atoms with Gasteiger partial charge in [-0.3, -0.25) is 4.79 Å². The van der Waals surface area contributed by atoms with Crippen molar-refractivity contribution >= 4 is 17.7 Å². The Kier molecular flexibility index (Phi) is 8.76. The maximum atomic E-state index is 11.9. The lowest BCUT2D eigenvalue weighted by molar-refractivity contribution is -0.131. The van der Waals surface area contributed by atoms with E-state index in [0.717, 1.165) is 25.1 Å². The molecule has 96 valence electrons. The zero-order valence-electron chi connectivity index (χ0n) is 11.2. The van der Waals surface area contributed by atoms with Crippen LogP contribution < -0.4 is 5.32 Å². The molecule has 0 radical (unpaired) electrons. The summed E-state index contributed by atoms with van der Waals surface area (Å²) in [5, 5.41) is 3.36. The minimum atomic E-state index is -0.0168. The van der Waals surface area contributed by atoms with Crippen molar-refractivity contribution in [3.63, 3.8) is 0 Å². The van der Waals surface area contributed by atoms with E-state index in [-0.39, 0.29) is 11.9 Å². The summed E-state index contributed by atoms with van der Waals surface area (Å²) >= 11 is 1.85. The third-order valence-corrected chi connectivity index (χ3v) is 3.06. The molecule has 0 spiro atoms. The van der Waals surface area contributed by atoms with Crippen LogP contribution >= 0.6 is 11.8 Å². The molecule has 0 bridgehead atoms. The second kappa shape index (κ2) is 8.88. The zero-order chi connectivity index (χ0) is 12.6. The number of likely N-dealkylation sites (N-methyl/N-ethyl adjacent to an activating group) is 1. The number of nitrogens with one attached hydrogen (secondary N) is 1. The smallest absolute Gasteiger partial charge is 0.239 e. The SMILES string of the molecule is CSCCCNC(CC(C)C)C(=O)N(C)C. The number of thioether (sulfide) groups is 1. The lowest BCUT2D eigenvalue weighted by Gasteiger charge is -2.23. The van der Waals surface area contributed by atoms with Gasteiger partial charge in [-0.15, -0.1) is 0 Å². The highest BCUT2D eigenvalue weighted by Gasteiger charge is 2.20. The van der Waals surface area contributed by atoms with Gasteiger partial charge in [-0.1, -0.05) is 13.8 Å². The van der Waals surface area contributed by atoms with Crippen molar-refractivity contribution in [2.45, 2.75) is 32.7 Å². The van der Waals surface area contributed by atoms with Gasteiger partial charge in [-0.2, -0.15) is 11.8 Å². The first-order valence-electron chi connectivity index (χ1n) is 5.92. The average Bonchev–Trinajstić information content (AvgIpc) is 2.20. The van der Waals surface area contributed by atoms with Crippen LogP contribution in [-0.4, -0.2) is 49.5 Å². The summed E-state index contributed by atoms with van der Waals surface area (Å²) in [4.78, 5) is 13.6. The van der Waals surface area contributed by atoms with Crippen molar-refractivity contribution in [2.75, 3.05) is 32.6 Å². The summed E-state index contributed by atoms with van der Waals surface area (Å²) in [5.74, 6) is 1.89. The largest absolute Gasteiger partial charge is 0.347 e. The Hall–Kier alpha value is -0.220. The lowest BCUT2D eigenvalue weighted by Crippen LogP contribution is -2.44. The normalized spacial score (nSPS) is 12.9. The van der Waals surface area contributed by atoms with Gasteiger partial charge >= 0.3 is 0 Å². The van der Waals surface area contributed by atoms with Gasteiger partial charge < -0.3 is 10.2 Å². The molecule has 0 heterocycles. The predicted octanol–water partition coefficient (Wildman–Crippen LogP) is 1.83. The zero-order valence-corrected chi connectivity index (χ0v) is 12.1. The summed E-state index contributed by atoms with van der Waals surface area (Å²) in [6, 6.07) is -0.0168. The second-order valence-corrected chi connectivity index (χ2v) is 5.70. The highest BCUT2D eigenvalue weighted by Crippen LogP contribution is 2.07. The number of hydrogen-bond acceptors (Lipinski definition) is 3. The third-order valence-electron chi connectivity index (χ3n) is 2.36. The van der Waals surface area contributed by atoms with E-state index in [0.29, 0.717) is 5.92 Å². The van der Waals surface area contributed by atoms with E-state index in [1.54, 1.807) is 4.90 Å². The van der Waals surface area contributed by atoms with Crippen molar-refractivity contribution < 1.29 is 4.79 Å². The van der Waals surface area contributed by atoms with Gasteiger partial charge in [0.1, 0.15) is 0 Å². The van der Waals surface area contributed by atoms with E-state index in [9.17, 15) is 4.79 Å². The van der Waals surface area contributed by atoms with Crippen molar-refractivity contribution in [2.24, 2.45) is 5.92 Å². The fourth-order valence-corrected chi connectivity index (χ4v) is 1.98. The van der Waals surface area contributed by atoms with E-state index in [1.165, 1.54) is 0 Å². The molecule has 0 aliphatic heterocycles. The topological polar surface area (TPSA) is 32.3 Å². The fraction of sp³-hybridized carbons (Fsp3) is 0.917. The van der Waals surface area contributed by atoms with Crippen LogP contribution in [0.2, 0.25) is 0 Å². The molecule has 0 fully saturated rings. The maximum Gasteiger partial charge on any atom is 0.239 e. The molecule has 1 amide bonds. The highest BCUT2D eigenvalue weighted by atomic mass is 32.2. The number of carbonyl (C=O) groups is 1. The summed E-state index contributed by atoms with van der Waals surface area (Å²) < 4.78 is 0. The molecule has 0 aliphatic carbocycles. The first-order valence-corrected chi connectivity index (χ1v) is 7.32. The molecule has 0 aromatic carbocycles. The van der Waals surface area contributed by atoms with Gasteiger partial charge in [-0.05, 0) is 37.3 Å². The van der Waals surface area contributed by atoms with Gasteiger partial charge in [-0.25, -0.2) is 0 Å². The molecule has 0 aromatic rings. The molecule has 16 heavy (non-hydrogen) atoms. The quantitative estimate of drug-likeness (QED) is 0.663. The van der Waals surface area contributed by atoms with Crippen molar-refractivity contribution in [1.82, 2.24) is 10.2 Å². The van der Waals surface area contributed by atoms with Crippen LogP contribution in [0.1, 0.15) is 26.7 Å². The maximum absolute atomic E-state index is 11.9. The van der Waals surface area contributed by atoms with Crippen LogP contribution in [0.25, 0.3) is 0 Å². The van der Waals surface area contributed by atoms with Crippen LogP contribution in [-0.2, 0) is 4.79 Å². The van der Waals surface area contributed by atoms with E-state index in [2.05, 4.69) is 25.4 Å². The van der Waals surface area contributed by atoms with Crippen molar-refractivity contribution in [3.05, 3.63) is 0 Å². The van der Waals surface area contributed by atoms with Gasteiger partial charge in [0, 0.05) is 14.1 Å². The van der Waals surface area contributed by atoms with Crippen LogP contribution in [0, 0.1) is 5.92 Å². The number of nitrogens with zero attached hydrogens (tertiary/aromatic N) is 1. The van der Waals surface area contributed by atoms with E-state index < -0.39 is 0 Å². The third kappa shape index (κ3) is 7.12. The molecule has 1 atom stereocenters. The van der Waals surface area contributed by atoms with Gasteiger partial charge in [0.05, 0.1) is 6.04 Å². The molecule has 0 aromatic heterocycles. The molecular weight excluding hydrogens is 220 g/mol. The minimum Gasteiger partial charge on any atom is -0.347 e. The summed E-state index contributed by atoms with van der Waals surface area (Å²) in [6.07, 6.45) is 4.14. The fourth-order valence-electron chi connectivity index (χ4n) is 1.55. The molecule has 0 rings (SSSR count). The van der Waals surface area contributed by atoms with Crippen LogP contribution in [0.4, 0.5) is 0 Å². The molecular formula is C12H26N2OS. The number of carbonyl (C=O) groups excluding carboxylic acids is 1. The van der Waals surface area contributed by atoms with Crippen LogP contribution in [0.3, 0.4) is 0 Å². The van der Waals surface area contributed by atoms with Gasteiger partial charge in [0.15, 0.2) is 0 Å². The number of amides is 1. The molecule has 1 N–H and O–H groups in total. The molecule has 3 nitrogen and oxygen atoms in total. The number of rotatable bonds is 8. The lowest BCUT2D eigenvalue weighted by atomic mass is 10.0. The Morgan fingerprint density at radius 3 is 2.44 bits per heavy atom. The van der Waals surface area contributed by atoms with Gasteiger partial charge in [0.2, 0.25) is 5.91 Å². The Balaban J connectivity index is 4.05. The molecule has 0 saturated carbocycles. The van der Waals surface area contributed by atoms with Crippen LogP contribution in [0.5, 0.6) is 0 Å². The Bertz CT molecular complexity index is 195. The first kappa shape index (κ1) is 15.8. The average molecular weight is 246 g/mol. The first-order chi connectivity index (χ1) is 7.49. The predicted molar refractivity (Wildman–Crippen MR) is 72.9 cm³/mol. The summed E-state index contributed by atoms with van der Waals surface area (Å²) in [6.45, 7) is 5.23. The Morgan fingerprint density at radius 2 is 2.00 bits per heavy atom. The standard InChI is InChI=1S/C12H26N2OS/c1-10(2)9-11(12(15)14(3)4)13-7-6-8-16-5/h10-11,13H,6-9H2,1-5H3. The van der Waals surface area contributed by atoms with Crippen molar-refractivity contribution in [3.8, 4) is 0 Å². The van der Waals surface area contributed by atoms with E-state index in [1.807, 2.05) is 25.9 Å². The van der Waals surface area contributed by atoms with Crippen molar-refractivity contribution in [1.29, 1.82) is 0 Å². The molecule has 0 saturated heterocycles. The highest BCUT2D eigenvalue weighted by molar-refractivity contribution is 7.98. The minimum absolute atomic E-state index is 0.0168. The summed E-state index contributed by atoms with van der Waals surface area (Å²) in [5.41, 5.74) is 0. The van der Waals surface area contributed by atoms with E-state index in [4.69, 9.17) is 0 Å². The Morgan fingerprint density at radius 1 is 1.38 bits per heavy atom. The Labute approximate surface area is 104 Å².